The molecule has 2 rings (SSSR count). The molecule has 1 atom stereocenters. The molecule has 0 aliphatic rings. The van der Waals surface area contributed by atoms with Gasteiger partial charge in [0.2, 0.25) is 0 Å². The maximum Gasteiger partial charge on any atom is 0.130 e. The second-order valence-electron chi connectivity index (χ2n) is 4.50. The van der Waals surface area contributed by atoms with Crippen LogP contribution in [-0.2, 0) is 6.54 Å². The molecule has 0 amide bonds. The molecule has 0 fully saturated rings. The smallest absolute Gasteiger partial charge is 0.130 e. The molecule has 0 radical (unpaired) electrons. The standard InChI is InChI=1S/C15H13Cl2F2N/c1-9(13-5-3-11(16)6-14(13)17)20-8-10-2-4-12(18)7-15(10)19/h2-7,9,20H,8H2,1H3. The fourth-order valence-electron chi connectivity index (χ4n) is 1.89. The lowest BCUT2D eigenvalue weighted by Crippen LogP contribution is -2.19. The van der Waals surface area contributed by atoms with E-state index in [1.807, 2.05) is 13.0 Å². The Balaban J connectivity index is 2.06. The third kappa shape index (κ3) is 3.69. The molecule has 0 saturated heterocycles. The number of nitrogens with one attached hydrogen (secondary N) is 1. The fourth-order valence-corrected chi connectivity index (χ4v) is 2.46. The molecular weight excluding hydrogens is 303 g/mol. The van der Waals surface area contributed by atoms with E-state index in [1.165, 1.54) is 12.1 Å². The van der Waals surface area contributed by atoms with Crippen LogP contribution in [-0.4, -0.2) is 0 Å². The van der Waals surface area contributed by atoms with Crippen molar-refractivity contribution in [3.63, 3.8) is 0 Å². The summed E-state index contributed by atoms with van der Waals surface area (Å²) >= 11 is 12.0. The topological polar surface area (TPSA) is 12.0 Å². The van der Waals surface area contributed by atoms with Crippen LogP contribution in [0.1, 0.15) is 24.1 Å². The molecule has 0 saturated carbocycles. The van der Waals surface area contributed by atoms with Gasteiger partial charge in [0.05, 0.1) is 0 Å². The van der Waals surface area contributed by atoms with Crippen LogP contribution in [0.25, 0.3) is 0 Å². The third-order valence-electron chi connectivity index (χ3n) is 3.04. The van der Waals surface area contributed by atoms with Gasteiger partial charge in [0.25, 0.3) is 0 Å². The van der Waals surface area contributed by atoms with Crippen molar-refractivity contribution in [1.82, 2.24) is 5.32 Å². The predicted octanol–water partition coefficient (Wildman–Crippen LogP) is 5.12. The zero-order chi connectivity index (χ0) is 14.7. The van der Waals surface area contributed by atoms with Crippen molar-refractivity contribution in [1.29, 1.82) is 0 Å². The fraction of sp³-hybridized carbons (Fsp3) is 0.200. The molecule has 106 valence electrons. The van der Waals surface area contributed by atoms with E-state index < -0.39 is 11.6 Å². The molecular formula is C15H13Cl2F2N. The summed E-state index contributed by atoms with van der Waals surface area (Å²) in [6.45, 7) is 2.20. The van der Waals surface area contributed by atoms with Gasteiger partial charge in [-0.15, -0.1) is 0 Å². The highest BCUT2D eigenvalue weighted by molar-refractivity contribution is 6.35. The van der Waals surface area contributed by atoms with Gasteiger partial charge in [-0.1, -0.05) is 35.3 Å². The van der Waals surface area contributed by atoms with Crippen LogP contribution in [0.5, 0.6) is 0 Å². The summed E-state index contributed by atoms with van der Waals surface area (Å²) in [5, 5.41) is 4.26. The minimum absolute atomic E-state index is 0.0794. The number of rotatable bonds is 4. The second kappa shape index (κ2) is 6.53. The van der Waals surface area contributed by atoms with Gasteiger partial charge in [-0.2, -0.15) is 0 Å². The molecule has 20 heavy (non-hydrogen) atoms. The third-order valence-corrected chi connectivity index (χ3v) is 3.61. The van der Waals surface area contributed by atoms with E-state index in [2.05, 4.69) is 5.32 Å². The first-order valence-electron chi connectivity index (χ1n) is 6.09. The average molecular weight is 316 g/mol. The summed E-state index contributed by atoms with van der Waals surface area (Å²) in [5.74, 6) is -1.15. The summed E-state index contributed by atoms with van der Waals surface area (Å²) < 4.78 is 26.3. The lowest BCUT2D eigenvalue weighted by Gasteiger charge is -2.16. The summed E-state index contributed by atoms with van der Waals surface area (Å²) in [6.07, 6.45) is 0. The van der Waals surface area contributed by atoms with Gasteiger partial charge in [0, 0.05) is 34.3 Å². The van der Waals surface area contributed by atoms with Crippen LogP contribution in [0.4, 0.5) is 8.78 Å². The van der Waals surface area contributed by atoms with Crippen molar-refractivity contribution in [3.05, 3.63) is 69.2 Å². The summed E-state index contributed by atoms with van der Waals surface area (Å²) in [6, 6.07) is 8.69. The second-order valence-corrected chi connectivity index (χ2v) is 5.35. The van der Waals surface area contributed by atoms with E-state index in [9.17, 15) is 8.78 Å². The normalized spacial score (nSPS) is 12.4. The molecule has 0 aliphatic carbocycles. The van der Waals surface area contributed by atoms with Crippen LogP contribution in [0.2, 0.25) is 10.0 Å². The van der Waals surface area contributed by atoms with Crippen LogP contribution < -0.4 is 5.32 Å². The molecule has 2 aromatic carbocycles. The van der Waals surface area contributed by atoms with Crippen molar-refractivity contribution < 1.29 is 8.78 Å². The first-order chi connectivity index (χ1) is 9.47. The molecule has 0 bridgehead atoms. The monoisotopic (exact) mass is 315 g/mol. The Hall–Kier alpha value is -1.16. The molecule has 1 N–H and O–H groups in total. The minimum atomic E-state index is -0.583. The summed E-state index contributed by atoms with van der Waals surface area (Å²) in [5.41, 5.74) is 1.28. The van der Waals surface area contributed by atoms with Gasteiger partial charge in [0.1, 0.15) is 11.6 Å². The molecule has 1 nitrogen and oxygen atoms in total. The van der Waals surface area contributed by atoms with Gasteiger partial charge in [-0.25, -0.2) is 8.78 Å². The summed E-state index contributed by atoms with van der Waals surface area (Å²) in [7, 11) is 0. The Bertz CT molecular complexity index is 617. The first-order valence-corrected chi connectivity index (χ1v) is 6.85. The van der Waals surface area contributed by atoms with E-state index >= 15 is 0 Å². The molecule has 5 heteroatoms. The van der Waals surface area contributed by atoms with Crippen LogP contribution in [0.3, 0.4) is 0 Å². The Labute approximate surface area is 126 Å². The maximum atomic E-state index is 13.5. The molecule has 0 spiro atoms. The highest BCUT2D eigenvalue weighted by Crippen LogP contribution is 2.26. The van der Waals surface area contributed by atoms with Crippen molar-refractivity contribution in [3.8, 4) is 0 Å². The van der Waals surface area contributed by atoms with Crippen LogP contribution in [0, 0.1) is 11.6 Å². The number of benzene rings is 2. The lowest BCUT2D eigenvalue weighted by atomic mass is 10.1. The van der Waals surface area contributed by atoms with E-state index in [1.54, 1.807) is 12.1 Å². The van der Waals surface area contributed by atoms with Crippen LogP contribution >= 0.6 is 23.2 Å². The maximum absolute atomic E-state index is 13.5. The van der Waals surface area contributed by atoms with Gasteiger partial charge >= 0.3 is 0 Å². The van der Waals surface area contributed by atoms with Crippen LogP contribution in [0.15, 0.2) is 36.4 Å². The molecule has 1 unspecified atom stereocenters. The Morgan fingerprint density at radius 2 is 1.85 bits per heavy atom. The van der Waals surface area contributed by atoms with E-state index in [-0.39, 0.29) is 12.6 Å². The highest BCUT2D eigenvalue weighted by Gasteiger charge is 2.11. The first kappa shape index (κ1) is 15.2. The predicted molar refractivity (Wildman–Crippen MR) is 78.1 cm³/mol. The van der Waals surface area contributed by atoms with Crippen molar-refractivity contribution in [2.24, 2.45) is 0 Å². The van der Waals surface area contributed by atoms with Crippen molar-refractivity contribution >= 4 is 23.2 Å². The molecule has 0 heterocycles. The number of hydrogen-bond donors (Lipinski definition) is 1. The minimum Gasteiger partial charge on any atom is -0.306 e. The highest BCUT2D eigenvalue weighted by atomic mass is 35.5. The average Bonchev–Trinajstić information content (AvgIpc) is 2.37. The van der Waals surface area contributed by atoms with Crippen molar-refractivity contribution in [2.75, 3.05) is 0 Å². The van der Waals surface area contributed by atoms with Crippen molar-refractivity contribution in [2.45, 2.75) is 19.5 Å². The number of halogens is 4. The molecule has 2 aromatic rings. The molecule has 0 aromatic heterocycles. The van der Waals surface area contributed by atoms with Gasteiger partial charge in [-0.05, 0) is 30.7 Å². The zero-order valence-electron chi connectivity index (χ0n) is 10.8. The summed E-state index contributed by atoms with van der Waals surface area (Å²) in [4.78, 5) is 0. The Morgan fingerprint density at radius 1 is 1.10 bits per heavy atom. The van der Waals surface area contributed by atoms with Gasteiger partial charge < -0.3 is 5.32 Å². The quantitative estimate of drug-likeness (QED) is 0.825. The number of hydrogen-bond acceptors (Lipinski definition) is 1. The lowest BCUT2D eigenvalue weighted by molar-refractivity contribution is 0.534. The van der Waals surface area contributed by atoms with E-state index in [0.29, 0.717) is 15.6 Å². The van der Waals surface area contributed by atoms with E-state index in [0.717, 1.165) is 11.6 Å². The zero-order valence-corrected chi connectivity index (χ0v) is 12.3. The Morgan fingerprint density at radius 3 is 2.50 bits per heavy atom. The van der Waals surface area contributed by atoms with Gasteiger partial charge in [0.15, 0.2) is 0 Å². The SMILES string of the molecule is CC(NCc1ccc(F)cc1F)c1ccc(Cl)cc1Cl. The molecule has 0 aliphatic heterocycles. The van der Waals surface area contributed by atoms with E-state index in [4.69, 9.17) is 23.2 Å². The largest absolute Gasteiger partial charge is 0.306 e. The van der Waals surface area contributed by atoms with Gasteiger partial charge in [-0.3, -0.25) is 0 Å². The Kier molecular flexibility index (Phi) is 4.97.